The number of benzene rings is 3. The van der Waals surface area contributed by atoms with Crippen LogP contribution in [0.3, 0.4) is 0 Å². The SMILES string of the molecule is CN1C(=O)[C@H](CCCCN)NC(=O)[C@H](CCCN)NCc2ccccc2Sc2ccccc2CNC(=O)[C@@H]1Cc1c[nH]c2ccccc12. The lowest BCUT2D eigenvalue weighted by Gasteiger charge is -2.32. The lowest BCUT2D eigenvalue weighted by molar-refractivity contribution is -0.142. The molecule has 3 atom stereocenters. The number of nitrogens with one attached hydrogen (secondary N) is 4. The Morgan fingerprint density at radius 2 is 1.42 bits per heavy atom. The van der Waals surface area contributed by atoms with Crippen molar-refractivity contribution in [2.75, 3.05) is 20.1 Å². The van der Waals surface area contributed by atoms with E-state index < -0.39 is 18.1 Å². The van der Waals surface area contributed by atoms with Gasteiger partial charge in [-0.25, -0.2) is 0 Å². The third kappa shape index (κ3) is 8.84. The van der Waals surface area contributed by atoms with E-state index in [4.69, 9.17) is 11.5 Å². The van der Waals surface area contributed by atoms with Crippen LogP contribution in [0, 0.1) is 0 Å². The molecule has 3 aromatic carbocycles. The molecule has 0 spiro atoms. The maximum Gasteiger partial charge on any atom is 0.245 e. The van der Waals surface area contributed by atoms with Crippen molar-refractivity contribution in [3.8, 4) is 0 Å². The molecule has 0 saturated heterocycles. The van der Waals surface area contributed by atoms with Gasteiger partial charge in [0.05, 0.1) is 6.04 Å². The van der Waals surface area contributed by atoms with E-state index in [1.54, 1.807) is 18.8 Å². The van der Waals surface area contributed by atoms with E-state index in [0.717, 1.165) is 37.4 Å². The van der Waals surface area contributed by atoms with Gasteiger partial charge >= 0.3 is 0 Å². The van der Waals surface area contributed by atoms with Gasteiger partial charge in [-0.15, -0.1) is 0 Å². The molecule has 1 aromatic heterocycles. The van der Waals surface area contributed by atoms with Gasteiger partial charge in [0.1, 0.15) is 12.1 Å². The second kappa shape index (κ2) is 17.3. The summed E-state index contributed by atoms with van der Waals surface area (Å²) in [6.45, 7) is 1.69. The van der Waals surface area contributed by atoms with Gasteiger partial charge in [0, 0.05) is 53.4 Å². The van der Waals surface area contributed by atoms with E-state index in [1.165, 1.54) is 4.90 Å². The highest BCUT2D eigenvalue weighted by Crippen LogP contribution is 2.33. The fourth-order valence-corrected chi connectivity index (χ4v) is 7.21. The monoisotopic (exact) mass is 669 g/mol. The molecule has 254 valence electrons. The molecule has 1 aliphatic heterocycles. The molecule has 0 bridgehead atoms. The fourth-order valence-electron chi connectivity index (χ4n) is 6.13. The first-order valence-electron chi connectivity index (χ1n) is 16.8. The van der Waals surface area contributed by atoms with E-state index in [9.17, 15) is 14.4 Å². The minimum absolute atomic E-state index is 0.264. The average molecular weight is 670 g/mol. The highest BCUT2D eigenvalue weighted by atomic mass is 32.2. The molecule has 0 saturated carbocycles. The van der Waals surface area contributed by atoms with Crippen molar-refractivity contribution in [1.82, 2.24) is 25.8 Å². The van der Waals surface area contributed by atoms with Crippen LogP contribution < -0.4 is 27.4 Å². The second-order valence-electron chi connectivity index (χ2n) is 12.3. The van der Waals surface area contributed by atoms with Crippen molar-refractivity contribution in [3.05, 3.63) is 95.7 Å². The standard InChI is InChI=1S/C37H47N7O3S/c1-44-32(21-27-24-40-29-14-5-4-13-28(27)29)36(46)42-23-26-12-3-7-18-34(26)48-33-17-6-2-11-25(33)22-41-30(16-10-20-39)35(45)43-31(37(44)47)15-8-9-19-38/h2-7,11-14,17-18,24,30-32,40-41H,8-10,15-16,19-23,38-39H2,1H3,(H,42,46)(H,43,45)/t30-,31-,32-/m0/s1. The van der Waals surface area contributed by atoms with Crippen molar-refractivity contribution in [2.24, 2.45) is 11.5 Å². The van der Waals surface area contributed by atoms with E-state index in [1.807, 2.05) is 66.9 Å². The van der Waals surface area contributed by atoms with Gasteiger partial charge in [-0.3, -0.25) is 14.4 Å². The minimum Gasteiger partial charge on any atom is -0.361 e. The summed E-state index contributed by atoms with van der Waals surface area (Å²) in [4.78, 5) is 49.2. The summed E-state index contributed by atoms with van der Waals surface area (Å²) in [5.41, 5.74) is 15.6. The van der Waals surface area contributed by atoms with Crippen molar-refractivity contribution in [1.29, 1.82) is 0 Å². The van der Waals surface area contributed by atoms with Crippen molar-refractivity contribution in [2.45, 2.75) is 79.5 Å². The number of nitrogens with zero attached hydrogens (tertiary/aromatic N) is 1. The number of carbonyl (C=O) groups is 3. The Labute approximate surface area is 286 Å². The summed E-state index contributed by atoms with van der Waals surface area (Å²) in [5.74, 6) is -0.848. The first-order valence-corrected chi connectivity index (χ1v) is 17.6. The lowest BCUT2D eigenvalue weighted by atomic mass is 10.0. The Hall–Kier alpha value is -4.16. The van der Waals surface area contributed by atoms with Gasteiger partial charge < -0.3 is 37.3 Å². The fraction of sp³-hybridized carbons (Fsp3) is 0.378. The van der Waals surface area contributed by atoms with E-state index >= 15 is 0 Å². The Balaban J connectivity index is 1.53. The predicted octanol–water partition coefficient (Wildman–Crippen LogP) is 3.83. The molecule has 5 rings (SSSR count). The number of H-pyrrole nitrogens is 1. The van der Waals surface area contributed by atoms with Crippen LogP contribution in [-0.4, -0.2) is 65.9 Å². The van der Waals surface area contributed by atoms with E-state index in [0.29, 0.717) is 64.7 Å². The first-order chi connectivity index (χ1) is 23.4. The highest BCUT2D eigenvalue weighted by Gasteiger charge is 2.34. The van der Waals surface area contributed by atoms with Crippen molar-refractivity contribution in [3.63, 3.8) is 0 Å². The smallest absolute Gasteiger partial charge is 0.245 e. The zero-order valence-electron chi connectivity index (χ0n) is 27.5. The Bertz CT molecular complexity index is 1690. The van der Waals surface area contributed by atoms with Gasteiger partial charge in [0.25, 0.3) is 0 Å². The molecule has 1 aliphatic rings. The first kappa shape index (κ1) is 35.2. The molecule has 11 heteroatoms. The molecule has 3 amide bonds. The largest absolute Gasteiger partial charge is 0.361 e. The predicted molar refractivity (Wildman–Crippen MR) is 191 cm³/mol. The quantitative estimate of drug-likeness (QED) is 0.148. The normalized spacial score (nSPS) is 19.7. The number of fused-ring (bicyclic) bond motifs is 3. The van der Waals surface area contributed by atoms with Crippen LogP contribution in [0.4, 0.5) is 0 Å². The lowest BCUT2D eigenvalue weighted by Crippen LogP contribution is -2.57. The molecule has 4 aromatic rings. The summed E-state index contributed by atoms with van der Waals surface area (Å²) >= 11 is 1.63. The molecule has 0 unspecified atom stereocenters. The molecular weight excluding hydrogens is 623 g/mol. The molecule has 8 N–H and O–H groups in total. The third-order valence-electron chi connectivity index (χ3n) is 8.94. The van der Waals surface area contributed by atoms with Crippen molar-refractivity contribution >= 4 is 40.4 Å². The van der Waals surface area contributed by atoms with Crippen LogP contribution in [-0.2, 0) is 33.9 Å². The second-order valence-corrected chi connectivity index (χ2v) is 13.4. The summed E-state index contributed by atoms with van der Waals surface area (Å²) in [6.07, 6.45) is 5.14. The molecular formula is C37H47N7O3S. The summed E-state index contributed by atoms with van der Waals surface area (Å²) in [6, 6.07) is 21.8. The van der Waals surface area contributed by atoms with Crippen molar-refractivity contribution < 1.29 is 14.4 Å². The summed E-state index contributed by atoms with van der Waals surface area (Å²) in [5, 5.41) is 10.7. The Morgan fingerprint density at radius 1 is 0.771 bits per heavy atom. The average Bonchev–Trinajstić information content (AvgIpc) is 3.52. The maximum absolute atomic E-state index is 14.3. The Morgan fingerprint density at radius 3 is 2.15 bits per heavy atom. The topological polar surface area (TPSA) is 158 Å². The molecule has 0 radical (unpaired) electrons. The van der Waals surface area contributed by atoms with Crippen LogP contribution in [0.5, 0.6) is 0 Å². The molecule has 10 nitrogen and oxygen atoms in total. The van der Waals surface area contributed by atoms with Gasteiger partial charge in [0.15, 0.2) is 0 Å². The zero-order valence-corrected chi connectivity index (χ0v) is 28.4. The number of nitrogens with two attached hydrogens (primary N) is 2. The molecule has 2 heterocycles. The van der Waals surface area contributed by atoms with Gasteiger partial charge in [-0.1, -0.05) is 66.4 Å². The number of carbonyl (C=O) groups excluding carboxylic acids is 3. The Kier molecular flexibility index (Phi) is 12.7. The van der Waals surface area contributed by atoms with Gasteiger partial charge in [-0.05, 0) is 80.1 Å². The van der Waals surface area contributed by atoms with Crippen LogP contribution in [0.1, 0.15) is 48.8 Å². The third-order valence-corrected chi connectivity index (χ3v) is 10.2. The number of amides is 3. The number of para-hydroxylation sites is 1. The maximum atomic E-state index is 14.3. The molecule has 48 heavy (non-hydrogen) atoms. The minimum atomic E-state index is -0.826. The highest BCUT2D eigenvalue weighted by molar-refractivity contribution is 7.99. The number of unbranched alkanes of at least 4 members (excludes halogenated alkanes) is 1. The summed E-state index contributed by atoms with van der Waals surface area (Å²) < 4.78 is 0. The van der Waals surface area contributed by atoms with Crippen LogP contribution >= 0.6 is 11.8 Å². The van der Waals surface area contributed by atoms with Gasteiger partial charge in [-0.2, -0.15) is 0 Å². The van der Waals surface area contributed by atoms with Gasteiger partial charge in [0.2, 0.25) is 17.7 Å². The van der Waals surface area contributed by atoms with Crippen LogP contribution in [0.2, 0.25) is 0 Å². The molecule has 0 aliphatic carbocycles. The number of rotatable bonds is 9. The number of aromatic amines is 1. The van der Waals surface area contributed by atoms with E-state index in [-0.39, 0.29) is 17.7 Å². The van der Waals surface area contributed by atoms with Crippen LogP contribution in [0.15, 0.2) is 88.8 Å². The number of hydrogen-bond acceptors (Lipinski definition) is 7. The number of aromatic nitrogens is 1. The number of likely N-dealkylation sites (N-methyl/N-ethyl adjacent to an activating group) is 1. The number of hydrogen-bond donors (Lipinski definition) is 6. The summed E-state index contributed by atoms with van der Waals surface area (Å²) in [7, 11) is 1.66. The molecule has 0 fully saturated rings. The van der Waals surface area contributed by atoms with Crippen LogP contribution in [0.25, 0.3) is 10.9 Å². The zero-order chi connectivity index (χ0) is 33.9. The van der Waals surface area contributed by atoms with E-state index in [2.05, 4.69) is 33.1 Å².